The van der Waals surface area contributed by atoms with E-state index in [2.05, 4.69) is 28.1 Å². The van der Waals surface area contributed by atoms with Gasteiger partial charge in [-0.05, 0) is 55.7 Å². The first kappa shape index (κ1) is 12.7. The predicted molar refractivity (Wildman–Crippen MR) is 78.7 cm³/mol. The Balaban J connectivity index is 2.15. The van der Waals surface area contributed by atoms with Gasteiger partial charge in [-0.25, -0.2) is 0 Å². The first-order valence-corrected chi connectivity index (χ1v) is 7.15. The number of Topliss-reactive ketones (excluding diaryl/α,β-unsaturated/α-hetero) is 1. The van der Waals surface area contributed by atoms with Crippen molar-refractivity contribution in [2.24, 2.45) is 0 Å². The number of rotatable bonds is 0. The van der Waals surface area contributed by atoms with Crippen LogP contribution in [0.1, 0.15) is 26.7 Å². The number of hydrogen-bond donors (Lipinski definition) is 0. The van der Waals surface area contributed by atoms with Crippen LogP contribution in [0.2, 0.25) is 0 Å². The van der Waals surface area contributed by atoms with Crippen LogP contribution in [-0.2, 0) is 9.53 Å². The SMILES string of the molecule is CC1(C)CC(=O)C2=C(C=C3C=CC(Br)=CC(=C2)C3)O1. The van der Waals surface area contributed by atoms with Gasteiger partial charge in [0.2, 0.25) is 0 Å². The Labute approximate surface area is 121 Å². The van der Waals surface area contributed by atoms with Crippen molar-refractivity contribution in [3.05, 3.63) is 57.3 Å². The zero-order valence-corrected chi connectivity index (χ0v) is 12.6. The van der Waals surface area contributed by atoms with E-state index in [9.17, 15) is 4.79 Å². The first-order chi connectivity index (χ1) is 8.93. The minimum atomic E-state index is -0.417. The van der Waals surface area contributed by atoms with Crippen molar-refractivity contribution < 1.29 is 9.53 Å². The van der Waals surface area contributed by atoms with Crippen molar-refractivity contribution in [3.63, 3.8) is 0 Å². The summed E-state index contributed by atoms with van der Waals surface area (Å²) in [6, 6.07) is 0. The monoisotopic (exact) mass is 318 g/mol. The molecule has 3 aliphatic rings. The van der Waals surface area contributed by atoms with Crippen molar-refractivity contribution in [2.75, 3.05) is 0 Å². The fraction of sp³-hybridized carbons (Fsp3) is 0.312. The molecule has 0 radical (unpaired) electrons. The molecule has 98 valence electrons. The molecule has 1 heterocycles. The first-order valence-electron chi connectivity index (χ1n) is 6.36. The number of fused-ring (bicyclic) bond motifs is 2. The highest BCUT2D eigenvalue weighted by Gasteiger charge is 2.33. The predicted octanol–water partition coefficient (Wildman–Crippen LogP) is 4.11. The third-order valence-electron chi connectivity index (χ3n) is 3.37. The summed E-state index contributed by atoms with van der Waals surface area (Å²) in [5, 5.41) is 0. The molecule has 0 unspecified atom stereocenters. The highest BCUT2D eigenvalue weighted by atomic mass is 79.9. The standard InChI is InChI=1S/C16H15BrO2/c1-16(2)9-14(18)13-7-11-5-10(8-15(13)19-16)3-4-12(17)6-11/h3-4,6-8H,5,9H2,1-2H3. The van der Waals surface area contributed by atoms with Crippen molar-refractivity contribution >= 4 is 21.7 Å². The quantitative estimate of drug-likeness (QED) is 0.671. The highest BCUT2D eigenvalue weighted by molar-refractivity contribution is 9.11. The van der Waals surface area contributed by atoms with Crippen LogP contribution in [0.25, 0.3) is 0 Å². The van der Waals surface area contributed by atoms with Crippen LogP contribution in [0.15, 0.2) is 57.3 Å². The molecule has 0 N–H and O–H groups in total. The Bertz CT molecular complexity index is 613. The van der Waals surface area contributed by atoms with Gasteiger partial charge in [0.25, 0.3) is 0 Å². The molecule has 2 aliphatic carbocycles. The van der Waals surface area contributed by atoms with E-state index in [1.807, 2.05) is 32.1 Å². The smallest absolute Gasteiger partial charge is 0.170 e. The van der Waals surface area contributed by atoms with Gasteiger partial charge in [0.15, 0.2) is 5.78 Å². The Morgan fingerprint density at radius 2 is 1.95 bits per heavy atom. The molecule has 0 fully saturated rings. The zero-order valence-electron chi connectivity index (χ0n) is 11.0. The lowest BCUT2D eigenvalue weighted by atomic mass is 9.92. The molecular formula is C16H15BrO2. The fourth-order valence-electron chi connectivity index (χ4n) is 2.57. The zero-order chi connectivity index (χ0) is 13.6. The van der Waals surface area contributed by atoms with E-state index >= 15 is 0 Å². The van der Waals surface area contributed by atoms with Crippen LogP contribution in [0.3, 0.4) is 0 Å². The van der Waals surface area contributed by atoms with Gasteiger partial charge in [-0.2, -0.15) is 0 Å². The van der Waals surface area contributed by atoms with E-state index in [1.165, 1.54) is 0 Å². The second kappa shape index (κ2) is 4.34. The van der Waals surface area contributed by atoms with Crippen molar-refractivity contribution in [1.82, 2.24) is 0 Å². The van der Waals surface area contributed by atoms with Crippen LogP contribution >= 0.6 is 15.9 Å². The molecule has 1 aliphatic heterocycles. The summed E-state index contributed by atoms with van der Waals surface area (Å²) in [6.07, 6.45) is 11.4. The average molecular weight is 319 g/mol. The summed E-state index contributed by atoms with van der Waals surface area (Å²) in [7, 11) is 0. The molecule has 0 amide bonds. The summed E-state index contributed by atoms with van der Waals surface area (Å²) >= 11 is 3.50. The van der Waals surface area contributed by atoms with Gasteiger partial charge in [0.1, 0.15) is 11.4 Å². The Morgan fingerprint density at radius 1 is 1.16 bits per heavy atom. The van der Waals surface area contributed by atoms with Crippen LogP contribution < -0.4 is 0 Å². The maximum absolute atomic E-state index is 12.3. The number of carbonyl (C=O) groups excluding carboxylic acids is 1. The fourth-order valence-corrected chi connectivity index (χ4v) is 3.00. The number of halogens is 1. The molecule has 2 nitrogen and oxygen atoms in total. The summed E-state index contributed by atoms with van der Waals surface area (Å²) in [4.78, 5) is 12.3. The Kier molecular flexibility index (Phi) is 2.90. The summed E-state index contributed by atoms with van der Waals surface area (Å²) < 4.78 is 7.00. The summed E-state index contributed by atoms with van der Waals surface area (Å²) in [6.45, 7) is 3.91. The van der Waals surface area contributed by atoms with E-state index in [4.69, 9.17) is 4.74 Å². The molecule has 3 heteroatoms. The number of ether oxygens (including phenoxy) is 1. The van der Waals surface area contributed by atoms with Gasteiger partial charge in [0, 0.05) is 4.48 Å². The number of hydrogen-bond acceptors (Lipinski definition) is 2. The van der Waals surface area contributed by atoms with Gasteiger partial charge < -0.3 is 4.74 Å². The van der Waals surface area contributed by atoms with Gasteiger partial charge >= 0.3 is 0 Å². The Hall–Kier alpha value is -1.35. The molecule has 0 atom stereocenters. The molecule has 0 spiro atoms. The molecule has 0 aromatic rings. The molecule has 0 saturated heterocycles. The molecule has 19 heavy (non-hydrogen) atoms. The lowest BCUT2D eigenvalue weighted by molar-refractivity contribution is -0.122. The van der Waals surface area contributed by atoms with Crippen molar-refractivity contribution in [1.29, 1.82) is 0 Å². The number of allylic oxidation sites excluding steroid dienone is 9. The molecule has 0 aromatic heterocycles. The Morgan fingerprint density at radius 3 is 2.74 bits per heavy atom. The van der Waals surface area contributed by atoms with Crippen molar-refractivity contribution in [3.8, 4) is 0 Å². The average Bonchev–Trinajstić information content (AvgIpc) is 2.55. The van der Waals surface area contributed by atoms with E-state index < -0.39 is 5.60 Å². The highest BCUT2D eigenvalue weighted by Crippen LogP contribution is 2.36. The summed E-state index contributed by atoms with van der Waals surface area (Å²) in [5.74, 6) is 0.873. The minimum absolute atomic E-state index is 0.162. The van der Waals surface area contributed by atoms with E-state index in [-0.39, 0.29) is 5.78 Å². The van der Waals surface area contributed by atoms with Gasteiger partial charge in [-0.3, -0.25) is 4.79 Å². The van der Waals surface area contributed by atoms with Crippen molar-refractivity contribution in [2.45, 2.75) is 32.3 Å². The number of ketones is 1. The van der Waals surface area contributed by atoms with Crippen LogP contribution in [0, 0.1) is 0 Å². The second-order valence-electron chi connectivity index (χ2n) is 5.72. The summed E-state index contributed by atoms with van der Waals surface area (Å²) in [5.41, 5.74) is 2.58. The van der Waals surface area contributed by atoms with Gasteiger partial charge in [-0.1, -0.05) is 22.0 Å². The molecular weight excluding hydrogens is 304 g/mol. The molecule has 0 aromatic carbocycles. The topological polar surface area (TPSA) is 26.3 Å². The van der Waals surface area contributed by atoms with E-state index in [0.717, 1.165) is 22.0 Å². The largest absolute Gasteiger partial charge is 0.487 e. The molecule has 0 saturated carbocycles. The maximum atomic E-state index is 12.3. The lowest BCUT2D eigenvalue weighted by Crippen LogP contribution is -2.33. The van der Waals surface area contributed by atoms with Crippen LogP contribution in [-0.4, -0.2) is 11.4 Å². The van der Waals surface area contributed by atoms with Gasteiger partial charge in [0.05, 0.1) is 12.0 Å². The second-order valence-corrected chi connectivity index (χ2v) is 6.63. The van der Waals surface area contributed by atoms with Gasteiger partial charge in [-0.15, -0.1) is 0 Å². The third-order valence-corrected chi connectivity index (χ3v) is 3.87. The van der Waals surface area contributed by atoms with Crippen LogP contribution in [0.5, 0.6) is 0 Å². The third kappa shape index (κ3) is 2.52. The lowest BCUT2D eigenvalue weighted by Gasteiger charge is -2.31. The minimum Gasteiger partial charge on any atom is -0.487 e. The molecule has 3 rings (SSSR count). The molecule has 2 bridgehead atoms. The van der Waals surface area contributed by atoms with E-state index in [1.54, 1.807) is 0 Å². The normalized spacial score (nSPS) is 24.6. The number of carbonyl (C=O) groups is 1. The maximum Gasteiger partial charge on any atom is 0.170 e. The van der Waals surface area contributed by atoms with Crippen LogP contribution in [0.4, 0.5) is 0 Å². The van der Waals surface area contributed by atoms with E-state index in [0.29, 0.717) is 17.8 Å².